The summed E-state index contributed by atoms with van der Waals surface area (Å²) >= 11 is 1.31. The van der Waals surface area contributed by atoms with Gasteiger partial charge in [0.15, 0.2) is 16.6 Å². The summed E-state index contributed by atoms with van der Waals surface area (Å²) in [4.78, 5) is 29.7. The number of hydrogen-bond acceptors (Lipinski definition) is 6. The van der Waals surface area contributed by atoms with Crippen LogP contribution in [0.15, 0.2) is 36.4 Å². The third-order valence-electron chi connectivity index (χ3n) is 4.62. The number of ether oxygens (including phenoxy) is 2. The zero-order valence-electron chi connectivity index (χ0n) is 16.4. The van der Waals surface area contributed by atoms with Gasteiger partial charge in [-0.25, -0.2) is 9.37 Å². The maximum Gasteiger partial charge on any atom is 0.251 e. The molecule has 0 spiro atoms. The number of halogens is 1. The molecule has 1 unspecified atom stereocenters. The molecule has 0 fully saturated rings. The second-order valence-corrected chi connectivity index (χ2v) is 8.20. The third kappa shape index (κ3) is 4.20. The summed E-state index contributed by atoms with van der Waals surface area (Å²) in [6, 6.07) is 7.99. The first kappa shape index (κ1) is 20.1. The largest absolute Gasteiger partial charge is 0.486 e. The quantitative estimate of drug-likeness (QED) is 0.647. The molecular formula is C21H20FN3O4S. The number of amides is 2. The molecule has 2 N–H and O–H groups in total. The molecule has 1 aliphatic heterocycles. The zero-order chi connectivity index (χ0) is 21.3. The Labute approximate surface area is 176 Å². The minimum Gasteiger partial charge on any atom is -0.486 e. The Bertz CT molecular complexity index is 1050. The van der Waals surface area contributed by atoms with Crippen molar-refractivity contribution in [2.45, 2.75) is 19.9 Å². The molecule has 2 heterocycles. The van der Waals surface area contributed by atoms with Gasteiger partial charge in [0, 0.05) is 17.7 Å². The van der Waals surface area contributed by atoms with Gasteiger partial charge in [0.05, 0.1) is 10.2 Å². The van der Waals surface area contributed by atoms with Gasteiger partial charge in [0.25, 0.3) is 5.91 Å². The van der Waals surface area contributed by atoms with Gasteiger partial charge < -0.3 is 20.1 Å². The van der Waals surface area contributed by atoms with Crippen LogP contribution in [0.25, 0.3) is 10.2 Å². The fourth-order valence-corrected chi connectivity index (χ4v) is 3.94. The van der Waals surface area contributed by atoms with Gasteiger partial charge in [-0.05, 0) is 30.2 Å². The Morgan fingerprint density at radius 2 is 1.77 bits per heavy atom. The van der Waals surface area contributed by atoms with Crippen LogP contribution in [0.4, 0.5) is 9.52 Å². The lowest BCUT2D eigenvalue weighted by Crippen LogP contribution is -2.47. The molecule has 0 saturated heterocycles. The number of aromatic nitrogens is 1. The molecule has 30 heavy (non-hydrogen) atoms. The van der Waals surface area contributed by atoms with Crippen LogP contribution in [0.5, 0.6) is 11.5 Å². The lowest BCUT2D eigenvalue weighted by Gasteiger charge is -2.21. The highest BCUT2D eigenvalue weighted by Gasteiger charge is 2.26. The number of hydrogen-bond donors (Lipinski definition) is 2. The summed E-state index contributed by atoms with van der Waals surface area (Å²) in [6.07, 6.45) is 0. The molecule has 7 nitrogen and oxygen atoms in total. The Hall–Kier alpha value is -3.20. The van der Waals surface area contributed by atoms with Crippen LogP contribution in [0.2, 0.25) is 0 Å². The topological polar surface area (TPSA) is 89.6 Å². The number of anilines is 1. The summed E-state index contributed by atoms with van der Waals surface area (Å²) in [5.74, 6) is -0.145. The van der Waals surface area contributed by atoms with E-state index in [1.54, 1.807) is 6.07 Å². The Morgan fingerprint density at radius 3 is 2.43 bits per heavy atom. The number of nitrogens with one attached hydrogen (secondary N) is 2. The Kier molecular flexibility index (Phi) is 5.54. The highest BCUT2D eigenvalue weighted by atomic mass is 32.1. The van der Waals surface area contributed by atoms with Crippen molar-refractivity contribution in [3.8, 4) is 11.5 Å². The highest BCUT2D eigenvalue weighted by Crippen LogP contribution is 2.37. The van der Waals surface area contributed by atoms with E-state index in [0.717, 1.165) is 4.70 Å². The van der Waals surface area contributed by atoms with Crippen molar-refractivity contribution >= 4 is 38.5 Å². The van der Waals surface area contributed by atoms with E-state index in [9.17, 15) is 14.0 Å². The smallest absolute Gasteiger partial charge is 0.251 e. The van der Waals surface area contributed by atoms with E-state index in [-0.39, 0.29) is 17.4 Å². The van der Waals surface area contributed by atoms with Crippen LogP contribution >= 0.6 is 11.3 Å². The molecule has 0 saturated carbocycles. The Balaban J connectivity index is 1.50. The van der Waals surface area contributed by atoms with Crippen LogP contribution < -0.4 is 20.1 Å². The molecular weight excluding hydrogens is 409 g/mol. The highest BCUT2D eigenvalue weighted by molar-refractivity contribution is 7.22. The molecule has 2 amide bonds. The SMILES string of the molecule is CC(C)C(NC(=O)c1ccc(F)cc1)C(=O)Nc1nc2cc3c(cc2s1)OCCO3. The van der Waals surface area contributed by atoms with E-state index in [1.165, 1.54) is 35.6 Å². The van der Waals surface area contributed by atoms with E-state index >= 15 is 0 Å². The van der Waals surface area contributed by atoms with Crippen molar-refractivity contribution in [2.24, 2.45) is 5.92 Å². The first-order valence-corrected chi connectivity index (χ1v) is 10.3. The molecule has 1 atom stereocenters. The van der Waals surface area contributed by atoms with E-state index in [1.807, 2.05) is 19.9 Å². The van der Waals surface area contributed by atoms with Crippen LogP contribution in [-0.2, 0) is 4.79 Å². The molecule has 3 aromatic rings. The summed E-state index contributed by atoms with van der Waals surface area (Å²) in [5, 5.41) is 5.91. The predicted octanol–water partition coefficient (Wildman–Crippen LogP) is 3.60. The van der Waals surface area contributed by atoms with Crippen molar-refractivity contribution in [1.82, 2.24) is 10.3 Å². The Morgan fingerprint density at radius 1 is 1.10 bits per heavy atom. The van der Waals surface area contributed by atoms with Gasteiger partial charge >= 0.3 is 0 Å². The van der Waals surface area contributed by atoms with Crippen molar-refractivity contribution in [1.29, 1.82) is 0 Å². The van der Waals surface area contributed by atoms with Gasteiger partial charge in [-0.15, -0.1) is 0 Å². The van der Waals surface area contributed by atoms with E-state index in [0.29, 0.717) is 35.4 Å². The molecule has 156 valence electrons. The normalized spacial score (nSPS) is 13.9. The average molecular weight is 429 g/mol. The minimum absolute atomic E-state index is 0.169. The van der Waals surface area contributed by atoms with Crippen LogP contribution in [-0.4, -0.2) is 36.1 Å². The first-order chi connectivity index (χ1) is 14.4. The minimum atomic E-state index is -0.783. The molecule has 2 aromatic carbocycles. The number of thiazole rings is 1. The van der Waals surface area contributed by atoms with Gasteiger partial charge in [0.1, 0.15) is 25.1 Å². The number of carbonyl (C=O) groups excluding carboxylic acids is 2. The van der Waals surface area contributed by atoms with E-state index in [2.05, 4.69) is 15.6 Å². The van der Waals surface area contributed by atoms with E-state index in [4.69, 9.17) is 9.47 Å². The third-order valence-corrected chi connectivity index (χ3v) is 5.56. The monoisotopic (exact) mass is 429 g/mol. The first-order valence-electron chi connectivity index (χ1n) is 9.48. The molecule has 4 rings (SSSR count). The number of nitrogens with zero attached hydrogens (tertiary/aromatic N) is 1. The maximum absolute atomic E-state index is 13.1. The number of rotatable bonds is 5. The molecule has 1 aromatic heterocycles. The zero-order valence-corrected chi connectivity index (χ0v) is 17.2. The van der Waals surface area contributed by atoms with Gasteiger partial charge in [-0.3, -0.25) is 9.59 Å². The van der Waals surface area contributed by atoms with Crippen molar-refractivity contribution < 1.29 is 23.5 Å². The second kappa shape index (κ2) is 8.27. The van der Waals surface area contributed by atoms with Crippen LogP contribution in [0.1, 0.15) is 24.2 Å². The van der Waals surface area contributed by atoms with Crippen molar-refractivity contribution in [3.05, 3.63) is 47.8 Å². The molecule has 9 heteroatoms. The predicted molar refractivity (Wildman–Crippen MR) is 112 cm³/mol. The summed E-state index contributed by atoms with van der Waals surface area (Å²) in [6.45, 7) is 4.63. The number of benzene rings is 2. The fourth-order valence-electron chi connectivity index (χ4n) is 3.06. The maximum atomic E-state index is 13.1. The summed E-state index contributed by atoms with van der Waals surface area (Å²) < 4.78 is 25.1. The summed E-state index contributed by atoms with van der Waals surface area (Å²) in [5.41, 5.74) is 0.969. The van der Waals surface area contributed by atoms with Gasteiger partial charge in [-0.2, -0.15) is 0 Å². The van der Waals surface area contributed by atoms with Crippen molar-refractivity contribution in [2.75, 3.05) is 18.5 Å². The lowest BCUT2D eigenvalue weighted by molar-refractivity contribution is -0.118. The fraction of sp³-hybridized carbons (Fsp3) is 0.286. The van der Waals surface area contributed by atoms with Crippen LogP contribution in [0.3, 0.4) is 0 Å². The van der Waals surface area contributed by atoms with Gasteiger partial charge in [-0.1, -0.05) is 25.2 Å². The van der Waals surface area contributed by atoms with E-state index < -0.39 is 17.8 Å². The van der Waals surface area contributed by atoms with Gasteiger partial charge in [0.2, 0.25) is 5.91 Å². The molecule has 0 bridgehead atoms. The molecule has 0 radical (unpaired) electrons. The van der Waals surface area contributed by atoms with Crippen molar-refractivity contribution in [3.63, 3.8) is 0 Å². The average Bonchev–Trinajstić information content (AvgIpc) is 3.11. The molecule has 0 aliphatic carbocycles. The van der Waals surface area contributed by atoms with Crippen LogP contribution in [0, 0.1) is 11.7 Å². The molecule has 1 aliphatic rings. The second-order valence-electron chi connectivity index (χ2n) is 7.17. The lowest BCUT2D eigenvalue weighted by atomic mass is 10.0. The number of carbonyl (C=O) groups is 2. The summed E-state index contributed by atoms with van der Waals surface area (Å²) in [7, 11) is 0. The number of fused-ring (bicyclic) bond motifs is 2. The standard InChI is InChI=1S/C21H20FN3O4S/c1-11(2)18(24-19(26)12-3-5-13(22)6-4-12)20(27)25-21-23-14-9-15-16(10-17(14)30-21)29-8-7-28-15/h3-6,9-11,18H,7-8H2,1-2H3,(H,24,26)(H,23,25,27).